The molecule has 0 aliphatic carbocycles. The average molecular weight is 617 g/mol. The van der Waals surface area contributed by atoms with Gasteiger partial charge in [-0.05, 0) is 11.8 Å². The monoisotopic (exact) mass is 617 g/mol. The fraction of sp³-hybridized carbons (Fsp3) is 0.500. The van der Waals surface area contributed by atoms with Gasteiger partial charge in [0.15, 0.2) is 47.4 Å². The van der Waals surface area contributed by atoms with E-state index in [9.17, 15) is 24.7 Å². The molecule has 0 spiro atoms. The fourth-order valence-electron chi connectivity index (χ4n) is 4.94. The maximum Gasteiger partial charge on any atom is 0.280 e. The molecule has 0 saturated carbocycles. The summed E-state index contributed by atoms with van der Waals surface area (Å²) in [5.74, 6) is -0.262. The summed E-state index contributed by atoms with van der Waals surface area (Å²) in [6, 6.07) is 0. The first-order valence-corrected chi connectivity index (χ1v) is 14.7. The van der Waals surface area contributed by atoms with Crippen molar-refractivity contribution in [2.45, 2.75) is 48.8 Å². The molecule has 0 radical (unpaired) electrons. The van der Waals surface area contributed by atoms with E-state index in [0.717, 1.165) is 28.1 Å². The molecule has 4 aromatic heterocycles. The summed E-state index contributed by atoms with van der Waals surface area (Å²) in [4.78, 5) is 55.8. The highest BCUT2D eigenvalue weighted by Gasteiger charge is 2.54. The number of halogens is 2. The Kier molecular flexibility index (Phi) is 6.97. The number of aliphatic hydroxyl groups excluding tert-OH is 2. The fourth-order valence-corrected chi connectivity index (χ4v) is 7.40. The number of nitrogen functional groups attached to an aromatic ring is 1. The minimum atomic E-state index is -4.23. The van der Waals surface area contributed by atoms with Crippen LogP contribution in [0.2, 0.25) is 0 Å². The highest BCUT2D eigenvalue weighted by Crippen LogP contribution is 2.58. The first-order chi connectivity index (χ1) is 19.5. The number of imidazole rings is 2. The van der Waals surface area contributed by atoms with Crippen LogP contribution < -0.4 is 16.9 Å². The predicted molar refractivity (Wildman–Crippen MR) is 138 cm³/mol. The molecule has 21 heteroatoms. The second-order valence-electron chi connectivity index (χ2n) is 9.37. The summed E-state index contributed by atoms with van der Waals surface area (Å²) < 4.78 is 49.7. The number of nitrogens with zero attached hydrogens (tertiary/aromatic N) is 6. The number of alkyl halides is 2. The molecule has 0 bridgehead atoms. The van der Waals surface area contributed by atoms with Crippen LogP contribution in [0.3, 0.4) is 0 Å². The molecule has 1 unspecified atom stereocenters. The van der Waals surface area contributed by atoms with Gasteiger partial charge in [0.1, 0.15) is 30.1 Å². The van der Waals surface area contributed by atoms with Crippen molar-refractivity contribution < 1.29 is 37.9 Å². The largest absolute Gasteiger partial charge is 0.394 e. The quantitative estimate of drug-likeness (QED) is 0.127. The van der Waals surface area contributed by atoms with Gasteiger partial charge in [-0.25, -0.2) is 23.7 Å². The number of aliphatic hydroxyl groups is 2. The summed E-state index contributed by atoms with van der Waals surface area (Å²) in [6.07, 6.45) is -8.22. The molecular weight excluding hydrogens is 595 g/mol. The molecule has 6 heterocycles. The Morgan fingerprint density at radius 3 is 2.41 bits per heavy atom. The molecule has 9 atom stereocenters. The third kappa shape index (κ3) is 4.56. The summed E-state index contributed by atoms with van der Waals surface area (Å²) in [5.41, 5.74) is 2.46. The van der Waals surface area contributed by atoms with Crippen molar-refractivity contribution in [1.29, 1.82) is 0 Å². The average Bonchev–Trinajstić information content (AvgIpc) is 3.68. The normalized spacial score (nSPS) is 31.7. The van der Waals surface area contributed by atoms with Gasteiger partial charge in [0.05, 0.1) is 32.2 Å². The lowest BCUT2D eigenvalue weighted by Crippen LogP contribution is -2.34. The number of aromatic amines is 2. The van der Waals surface area contributed by atoms with Gasteiger partial charge in [-0.3, -0.25) is 23.7 Å². The van der Waals surface area contributed by atoms with E-state index in [1.807, 2.05) is 0 Å². The molecule has 4 aromatic rings. The first kappa shape index (κ1) is 27.9. The Balaban J connectivity index is 1.25. The molecule has 0 amide bonds. The minimum absolute atomic E-state index is 0.00402. The zero-order valence-electron chi connectivity index (χ0n) is 20.5. The smallest absolute Gasteiger partial charge is 0.280 e. The van der Waals surface area contributed by atoms with E-state index in [-0.39, 0.29) is 28.3 Å². The van der Waals surface area contributed by atoms with Gasteiger partial charge in [-0.1, -0.05) is 0 Å². The lowest BCUT2D eigenvalue weighted by molar-refractivity contribution is -0.0425. The van der Waals surface area contributed by atoms with Crippen molar-refractivity contribution in [2.24, 2.45) is 0 Å². The molecule has 220 valence electrons. The van der Waals surface area contributed by atoms with Crippen molar-refractivity contribution in [3.8, 4) is 0 Å². The Morgan fingerprint density at radius 1 is 1.05 bits per heavy atom. The van der Waals surface area contributed by atoms with Crippen LogP contribution >= 0.6 is 6.49 Å². The molecule has 2 aliphatic rings. The van der Waals surface area contributed by atoms with E-state index >= 15 is 8.78 Å². The topological polar surface area (TPSA) is 242 Å². The van der Waals surface area contributed by atoms with E-state index in [4.69, 9.17) is 31.5 Å². The molecular formula is C20H22F2N9O8PS. The summed E-state index contributed by atoms with van der Waals surface area (Å²) >= 11 is 5.30. The van der Waals surface area contributed by atoms with Crippen LogP contribution in [0.1, 0.15) is 12.5 Å². The van der Waals surface area contributed by atoms with E-state index in [0.29, 0.717) is 0 Å². The standard InChI is InChI=1S/C20H22F2N9O8PS/c21-8-6(1-32)38-19(31-5-27-11-15(31)28-20(23)29-17(11)35)13(8)40(36,41)37-2-7-12(33)9(22)18(39-7)30-4-26-10-14(30)24-3-25-16(10)34/h3-9,12-13,18-19,32-33H,1-2H2,(H,36,41)(H,24,25,34)(H3,23,28,29,35)/t6-,7-,8-,9+,12-,13-,18-,19-,40?/m1/s1. The lowest BCUT2D eigenvalue weighted by atomic mass is 10.1. The second kappa shape index (κ2) is 10.2. The number of nitrogens with two attached hydrogens (primary N) is 1. The number of rotatable bonds is 7. The number of H-pyrrole nitrogens is 2. The van der Waals surface area contributed by atoms with Crippen LogP contribution in [0, 0.1) is 0 Å². The maximum atomic E-state index is 15.5. The van der Waals surface area contributed by atoms with Gasteiger partial charge in [-0.2, -0.15) is 4.98 Å². The Labute approximate surface area is 231 Å². The molecule has 17 nitrogen and oxygen atoms in total. The summed E-state index contributed by atoms with van der Waals surface area (Å²) in [6.45, 7) is -5.68. The molecule has 7 N–H and O–H groups in total. The van der Waals surface area contributed by atoms with Crippen molar-refractivity contribution in [3.63, 3.8) is 0 Å². The summed E-state index contributed by atoms with van der Waals surface area (Å²) in [5, 5.41) is 20.2. The first-order valence-electron chi connectivity index (χ1n) is 12.0. The number of ether oxygens (including phenoxy) is 2. The van der Waals surface area contributed by atoms with Gasteiger partial charge >= 0.3 is 0 Å². The number of nitrogens with one attached hydrogen (secondary N) is 2. The zero-order valence-corrected chi connectivity index (χ0v) is 22.2. The van der Waals surface area contributed by atoms with Crippen LogP contribution in [-0.4, -0.2) is 104 Å². The van der Waals surface area contributed by atoms with Crippen molar-refractivity contribution >= 4 is 46.6 Å². The van der Waals surface area contributed by atoms with E-state index < -0.39 is 79.6 Å². The van der Waals surface area contributed by atoms with Gasteiger partial charge in [0, 0.05) is 0 Å². The van der Waals surface area contributed by atoms with Gasteiger partial charge in [0.25, 0.3) is 11.1 Å². The Morgan fingerprint density at radius 2 is 1.71 bits per heavy atom. The number of anilines is 1. The van der Waals surface area contributed by atoms with Gasteiger partial charge in [-0.15, -0.1) is 0 Å². The van der Waals surface area contributed by atoms with Crippen LogP contribution in [0.25, 0.3) is 22.3 Å². The van der Waals surface area contributed by atoms with Gasteiger partial charge in [0.2, 0.25) is 5.95 Å². The van der Waals surface area contributed by atoms with E-state index in [1.165, 1.54) is 0 Å². The van der Waals surface area contributed by atoms with Crippen molar-refractivity contribution in [2.75, 3.05) is 18.9 Å². The van der Waals surface area contributed by atoms with Crippen LogP contribution in [0.15, 0.2) is 28.6 Å². The third-order valence-corrected chi connectivity index (χ3v) is 9.79. The molecule has 41 heavy (non-hydrogen) atoms. The minimum Gasteiger partial charge on any atom is -0.394 e. The number of hydrogen-bond acceptors (Lipinski definition) is 13. The SMILES string of the molecule is Nc1nc2c(ncn2[C@@H]2O[C@H](CO)[C@@H](F)[C@H]2P(O)(=S)OC[C@H]2O[C@@H](n3cnc4c(=O)[nH]cnc43)[C@@H](F)[C@@H]2O)c(=O)[nH]1. The number of fused-ring (bicyclic) bond motifs is 2. The number of hydrogen-bond donors (Lipinski definition) is 6. The van der Waals surface area contributed by atoms with Crippen molar-refractivity contribution in [1.82, 2.24) is 39.0 Å². The Bertz CT molecular complexity index is 1780. The highest BCUT2D eigenvalue weighted by molar-refractivity contribution is 8.09. The van der Waals surface area contributed by atoms with Crippen LogP contribution in [-0.2, 0) is 25.8 Å². The highest BCUT2D eigenvalue weighted by atomic mass is 32.5. The Hall–Kier alpha value is -3.23. The van der Waals surface area contributed by atoms with Crippen LogP contribution in [0.4, 0.5) is 14.7 Å². The maximum absolute atomic E-state index is 15.5. The van der Waals surface area contributed by atoms with Crippen molar-refractivity contribution in [3.05, 3.63) is 39.7 Å². The molecule has 2 aliphatic heterocycles. The molecule has 2 saturated heterocycles. The van der Waals surface area contributed by atoms with Gasteiger partial charge < -0.3 is 39.8 Å². The molecule has 2 fully saturated rings. The zero-order chi connectivity index (χ0) is 29.2. The number of aromatic nitrogens is 8. The molecule has 0 aromatic carbocycles. The second-order valence-corrected chi connectivity index (χ2v) is 12.9. The summed E-state index contributed by atoms with van der Waals surface area (Å²) in [7, 11) is 0. The van der Waals surface area contributed by atoms with E-state index in [1.54, 1.807) is 0 Å². The third-order valence-electron chi connectivity index (χ3n) is 6.93. The molecule has 6 rings (SSSR count). The predicted octanol–water partition coefficient (Wildman–Crippen LogP) is -1.65. The van der Waals surface area contributed by atoms with E-state index in [2.05, 4.69) is 29.9 Å². The lowest BCUT2D eigenvalue weighted by Gasteiger charge is -2.29. The van der Waals surface area contributed by atoms with Crippen LogP contribution in [0.5, 0.6) is 0 Å².